The molecule has 96 valence electrons. The summed E-state index contributed by atoms with van der Waals surface area (Å²) in [5.74, 6) is 9.36. The zero-order valence-electron chi connectivity index (χ0n) is 10.8. The van der Waals surface area contributed by atoms with E-state index in [1.165, 1.54) is 0 Å². The van der Waals surface area contributed by atoms with Gasteiger partial charge in [0.15, 0.2) is 4.95 Å². The van der Waals surface area contributed by atoms with Crippen LogP contribution in [0.4, 0.5) is 0 Å². The number of hydrogen-bond acceptors (Lipinski definition) is 2. The lowest BCUT2D eigenvalue weighted by atomic mass is 9.99. The molecular formula is C16H12N3O+. The quantitative estimate of drug-likeness (QED) is 0.768. The first-order valence-corrected chi connectivity index (χ1v) is 6.35. The topological polar surface area (TPSA) is 48.2 Å². The SMILES string of the molecule is [N][N+]#Cc1ccccc1-c1ccc(C2=NCCO2)cc1. The lowest BCUT2D eigenvalue weighted by Gasteiger charge is -2.05. The monoisotopic (exact) mass is 262 g/mol. The van der Waals surface area contributed by atoms with Gasteiger partial charge in [0.25, 0.3) is 0 Å². The third-order valence-electron chi connectivity index (χ3n) is 3.13. The average Bonchev–Trinajstić information content (AvgIpc) is 3.03. The second-order valence-corrected chi connectivity index (χ2v) is 4.37. The molecule has 1 heterocycles. The van der Waals surface area contributed by atoms with E-state index in [0.717, 1.165) is 28.8 Å². The maximum absolute atomic E-state index is 8.66. The molecule has 0 saturated carbocycles. The number of hydrogen-bond donors (Lipinski definition) is 0. The van der Waals surface area contributed by atoms with E-state index in [2.05, 4.69) is 16.0 Å². The molecule has 1 aliphatic heterocycles. The Morgan fingerprint density at radius 1 is 1.05 bits per heavy atom. The first kappa shape index (κ1) is 12.2. The van der Waals surface area contributed by atoms with E-state index in [9.17, 15) is 0 Å². The fourth-order valence-electron chi connectivity index (χ4n) is 2.19. The zero-order chi connectivity index (χ0) is 13.8. The van der Waals surface area contributed by atoms with Gasteiger partial charge in [0, 0.05) is 11.1 Å². The standard InChI is InChI=1S/C16H12N3O/c17-19-11-14-3-1-2-4-15(14)12-5-7-13(8-6-12)16-18-9-10-20-16/h1-8H,9-10H2/q+1. The highest BCUT2D eigenvalue weighted by Crippen LogP contribution is 2.24. The van der Waals surface area contributed by atoms with Crippen molar-refractivity contribution >= 4 is 5.90 Å². The van der Waals surface area contributed by atoms with Crippen molar-refractivity contribution in [3.8, 4) is 17.2 Å². The molecule has 2 radical (unpaired) electrons. The molecular weight excluding hydrogens is 250 g/mol. The van der Waals surface area contributed by atoms with Crippen molar-refractivity contribution < 1.29 is 4.74 Å². The van der Waals surface area contributed by atoms with Crippen LogP contribution in [-0.4, -0.2) is 19.0 Å². The maximum Gasteiger partial charge on any atom is 0.363 e. The molecule has 0 fully saturated rings. The summed E-state index contributed by atoms with van der Waals surface area (Å²) in [6, 6.07) is 18.2. The van der Waals surface area contributed by atoms with E-state index in [1.807, 2.05) is 48.5 Å². The van der Waals surface area contributed by atoms with Crippen LogP contribution in [0.5, 0.6) is 0 Å². The Morgan fingerprint density at radius 2 is 1.80 bits per heavy atom. The third kappa shape index (κ3) is 2.34. The van der Waals surface area contributed by atoms with Crippen molar-refractivity contribution in [1.29, 1.82) is 0 Å². The van der Waals surface area contributed by atoms with Crippen molar-refractivity contribution in [2.45, 2.75) is 0 Å². The molecule has 3 rings (SSSR count). The van der Waals surface area contributed by atoms with Crippen LogP contribution in [0.3, 0.4) is 0 Å². The van der Waals surface area contributed by atoms with Crippen LogP contribution >= 0.6 is 0 Å². The summed E-state index contributed by atoms with van der Waals surface area (Å²) < 4.78 is 5.44. The lowest BCUT2D eigenvalue weighted by molar-refractivity contribution is 0.348. The van der Waals surface area contributed by atoms with Crippen LogP contribution < -0.4 is 5.84 Å². The fourth-order valence-corrected chi connectivity index (χ4v) is 2.19. The zero-order valence-corrected chi connectivity index (χ0v) is 10.8. The molecule has 0 aromatic heterocycles. The number of aliphatic imine (C=N–C) groups is 1. The molecule has 0 saturated heterocycles. The van der Waals surface area contributed by atoms with E-state index in [1.54, 1.807) is 0 Å². The number of benzene rings is 2. The second-order valence-electron chi connectivity index (χ2n) is 4.37. The molecule has 0 amide bonds. The fraction of sp³-hybridized carbons (Fsp3) is 0.125. The highest BCUT2D eigenvalue weighted by Gasteiger charge is 2.11. The van der Waals surface area contributed by atoms with Gasteiger partial charge in [-0.05, 0) is 23.8 Å². The number of ether oxygens (including phenoxy) is 1. The summed E-state index contributed by atoms with van der Waals surface area (Å²) in [4.78, 5) is 7.27. The summed E-state index contributed by atoms with van der Waals surface area (Å²) >= 11 is 0. The van der Waals surface area contributed by atoms with Gasteiger partial charge in [-0.3, -0.25) is 0 Å². The van der Waals surface area contributed by atoms with E-state index in [4.69, 9.17) is 10.6 Å². The van der Waals surface area contributed by atoms with E-state index >= 15 is 0 Å². The lowest BCUT2D eigenvalue weighted by Crippen LogP contribution is -2.00. The van der Waals surface area contributed by atoms with Crippen LogP contribution in [-0.2, 0) is 4.74 Å². The van der Waals surface area contributed by atoms with Gasteiger partial charge >= 0.3 is 11.9 Å². The minimum atomic E-state index is 0.655. The van der Waals surface area contributed by atoms with E-state index < -0.39 is 0 Å². The van der Waals surface area contributed by atoms with Crippen LogP contribution in [0.1, 0.15) is 11.1 Å². The molecule has 2 aromatic rings. The predicted octanol–water partition coefficient (Wildman–Crippen LogP) is 2.80. The number of nitrogens with zero attached hydrogens (tertiary/aromatic N) is 3. The van der Waals surface area contributed by atoms with Gasteiger partial charge in [0.05, 0.1) is 6.54 Å². The first-order chi connectivity index (χ1) is 9.88. The summed E-state index contributed by atoms with van der Waals surface area (Å²) in [6.07, 6.45) is 0. The summed E-state index contributed by atoms with van der Waals surface area (Å²) in [5, 5.41) is 0. The van der Waals surface area contributed by atoms with Crippen LogP contribution in [0.15, 0.2) is 53.5 Å². The molecule has 0 bridgehead atoms. The minimum absolute atomic E-state index is 0.655. The Morgan fingerprint density at radius 3 is 2.50 bits per heavy atom. The molecule has 0 spiro atoms. The van der Waals surface area contributed by atoms with Crippen molar-refractivity contribution in [2.75, 3.05) is 13.2 Å². The highest BCUT2D eigenvalue weighted by molar-refractivity contribution is 5.95. The molecule has 4 nitrogen and oxygen atoms in total. The van der Waals surface area contributed by atoms with Crippen LogP contribution in [0.25, 0.3) is 16.1 Å². The van der Waals surface area contributed by atoms with Gasteiger partial charge in [-0.25, -0.2) is 4.99 Å². The molecule has 20 heavy (non-hydrogen) atoms. The summed E-state index contributed by atoms with van der Waals surface area (Å²) in [7, 11) is 0. The van der Waals surface area contributed by atoms with Crippen molar-refractivity contribution in [3.05, 3.63) is 64.6 Å². The molecule has 0 aliphatic carbocycles. The van der Waals surface area contributed by atoms with E-state index in [-0.39, 0.29) is 0 Å². The largest absolute Gasteiger partial charge is 0.476 e. The Bertz CT molecular complexity index is 708. The number of rotatable bonds is 2. The van der Waals surface area contributed by atoms with E-state index in [0.29, 0.717) is 12.5 Å². The Kier molecular flexibility index (Phi) is 3.34. The molecule has 0 N–H and O–H groups in total. The van der Waals surface area contributed by atoms with Gasteiger partial charge in [-0.1, -0.05) is 30.3 Å². The van der Waals surface area contributed by atoms with Gasteiger partial charge in [-0.2, -0.15) is 0 Å². The van der Waals surface area contributed by atoms with Crippen LogP contribution in [0.2, 0.25) is 0 Å². The normalized spacial score (nSPS) is 13.1. The molecule has 1 aliphatic rings. The Labute approximate surface area is 117 Å². The van der Waals surface area contributed by atoms with Crippen molar-refractivity contribution in [2.24, 2.45) is 4.99 Å². The summed E-state index contributed by atoms with van der Waals surface area (Å²) in [6.45, 7) is 1.38. The third-order valence-corrected chi connectivity index (χ3v) is 3.13. The maximum atomic E-state index is 8.66. The second kappa shape index (κ2) is 5.45. The van der Waals surface area contributed by atoms with Gasteiger partial charge in [-0.15, -0.1) is 0 Å². The molecule has 4 heteroatoms. The van der Waals surface area contributed by atoms with Gasteiger partial charge in [0.1, 0.15) is 12.2 Å². The molecule has 0 atom stereocenters. The smallest absolute Gasteiger partial charge is 0.363 e. The Balaban J connectivity index is 1.96. The summed E-state index contributed by atoms with van der Waals surface area (Å²) in [5.41, 5.74) is 3.71. The minimum Gasteiger partial charge on any atom is -0.476 e. The highest BCUT2D eigenvalue weighted by atomic mass is 16.5. The van der Waals surface area contributed by atoms with Gasteiger partial charge in [0.2, 0.25) is 5.90 Å². The molecule has 2 aromatic carbocycles. The van der Waals surface area contributed by atoms with Crippen LogP contribution in [0, 0.1) is 6.07 Å². The predicted molar refractivity (Wildman–Crippen MR) is 77.7 cm³/mol. The van der Waals surface area contributed by atoms with Gasteiger partial charge < -0.3 is 4.74 Å². The Hall–Kier alpha value is -2.80. The van der Waals surface area contributed by atoms with Crippen molar-refractivity contribution in [3.63, 3.8) is 0 Å². The molecule has 0 unspecified atom stereocenters. The average molecular weight is 262 g/mol. The van der Waals surface area contributed by atoms with Crippen molar-refractivity contribution in [1.82, 2.24) is 5.84 Å². The first-order valence-electron chi connectivity index (χ1n) is 6.35.